The molecule has 0 heterocycles. The van der Waals surface area contributed by atoms with E-state index in [0.29, 0.717) is 6.61 Å². The standard InChI is InChI=1S/C14H28Cl2OSi/c1-13(2)12-17-11-9-7-5-3-4-6-8-10-14(15,16)18/h1,3-12H2,2,18H3. The number of alkyl halides is 2. The third-order valence-corrected chi connectivity index (χ3v) is 3.63. The predicted octanol–water partition coefficient (Wildman–Crippen LogP) is 4.20. The Labute approximate surface area is 126 Å². The lowest BCUT2D eigenvalue weighted by Gasteiger charge is -2.12. The molecule has 0 saturated heterocycles. The van der Waals surface area contributed by atoms with Crippen LogP contribution in [0.3, 0.4) is 0 Å². The molecule has 0 saturated carbocycles. The van der Waals surface area contributed by atoms with Gasteiger partial charge in [0.15, 0.2) is 0 Å². The average Bonchev–Trinajstić information content (AvgIpc) is 2.24. The highest BCUT2D eigenvalue weighted by molar-refractivity contribution is 6.65. The van der Waals surface area contributed by atoms with E-state index in [1.165, 1.54) is 38.5 Å². The van der Waals surface area contributed by atoms with Crippen molar-refractivity contribution < 1.29 is 4.74 Å². The van der Waals surface area contributed by atoms with E-state index in [0.717, 1.165) is 35.3 Å². The first-order chi connectivity index (χ1) is 8.42. The van der Waals surface area contributed by atoms with Crippen molar-refractivity contribution in [3.8, 4) is 0 Å². The molecule has 4 heteroatoms. The van der Waals surface area contributed by atoms with Crippen LogP contribution in [0.1, 0.15) is 58.3 Å². The van der Waals surface area contributed by atoms with Crippen molar-refractivity contribution in [3.05, 3.63) is 12.2 Å². The van der Waals surface area contributed by atoms with E-state index in [2.05, 4.69) is 6.58 Å². The summed E-state index contributed by atoms with van der Waals surface area (Å²) in [5.74, 6) is 0. The van der Waals surface area contributed by atoms with Crippen molar-refractivity contribution >= 4 is 33.4 Å². The molecule has 0 aliphatic carbocycles. The van der Waals surface area contributed by atoms with Gasteiger partial charge < -0.3 is 4.74 Å². The van der Waals surface area contributed by atoms with E-state index in [1.54, 1.807) is 0 Å². The van der Waals surface area contributed by atoms with E-state index < -0.39 is 3.96 Å². The van der Waals surface area contributed by atoms with Gasteiger partial charge in [0.25, 0.3) is 0 Å². The maximum atomic E-state index is 5.97. The van der Waals surface area contributed by atoms with Crippen LogP contribution in [0.2, 0.25) is 0 Å². The van der Waals surface area contributed by atoms with Gasteiger partial charge in [-0.15, -0.1) is 23.2 Å². The summed E-state index contributed by atoms with van der Waals surface area (Å²) in [6, 6.07) is 0. The molecule has 0 radical (unpaired) electrons. The van der Waals surface area contributed by atoms with Gasteiger partial charge in [-0.1, -0.05) is 50.7 Å². The van der Waals surface area contributed by atoms with E-state index in [-0.39, 0.29) is 0 Å². The van der Waals surface area contributed by atoms with E-state index in [1.807, 2.05) is 6.92 Å². The summed E-state index contributed by atoms with van der Waals surface area (Å²) in [6.45, 7) is 7.38. The molecular formula is C14H28Cl2OSi. The molecule has 0 amide bonds. The lowest BCUT2D eigenvalue weighted by molar-refractivity contribution is 0.151. The molecule has 0 aromatic carbocycles. The molecule has 0 bridgehead atoms. The third-order valence-electron chi connectivity index (χ3n) is 2.75. The third kappa shape index (κ3) is 16.5. The lowest BCUT2D eigenvalue weighted by Crippen LogP contribution is -2.11. The second kappa shape index (κ2) is 11.3. The largest absolute Gasteiger partial charge is 0.377 e. The van der Waals surface area contributed by atoms with Crippen LogP contribution >= 0.6 is 23.2 Å². The summed E-state index contributed by atoms with van der Waals surface area (Å²) in [5.41, 5.74) is 1.10. The summed E-state index contributed by atoms with van der Waals surface area (Å²) >= 11 is 11.9. The fourth-order valence-electron chi connectivity index (χ4n) is 1.77. The van der Waals surface area contributed by atoms with Gasteiger partial charge in [0.2, 0.25) is 0 Å². The van der Waals surface area contributed by atoms with Crippen molar-refractivity contribution in [3.63, 3.8) is 0 Å². The van der Waals surface area contributed by atoms with Crippen LogP contribution in [0.15, 0.2) is 12.2 Å². The Balaban J connectivity index is 3.06. The van der Waals surface area contributed by atoms with Crippen LogP contribution in [0.25, 0.3) is 0 Å². The number of ether oxygens (including phenoxy) is 1. The van der Waals surface area contributed by atoms with Gasteiger partial charge >= 0.3 is 0 Å². The molecule has 108 valence electrons. The van der Waals surface area contributed by atoms with Crippen LogP contribution in [-0.2, 0) is 4.74 Å². The minimum absolute atomic E-state index is 0.402. The summed E-state index contributed by atoms with van der Waals surface area (Å²) < 4.78 is 5.05. The van der Waals surface area contributed by atoms with Gasteiger partial charge in [-0.25, -0.2) is 0 Å². The molecule has 18 heavy (non-hydrogen) atoms. The second-order valence-corrected chi connectivity index (χ2v) is 10.1. The zero-order valence-electron chi connectivity index (χ0n) is 11.9. The molecule has 0 aromatic rings. The van der Waals surface area contributed by atoms with Gasteiger partial charge in [-0.3, -0.25) is 0 Å². The Kier molecular flexibility index (Phi) is 11.6. The first-order valence-corrected chi connectivity index (χ1v) is 8.77. The molecule has 0 unspecified atom stereocenters. The SMILES string of the molecule is C=C(C)COCCCCCCCCCC([SiH3])(Cl)Cl. The molecule has 0 N–H and O–H groups in total. The highest BCUT2D eigenvalue weighted by atomic mass is 35.5. The first kappa shape index (κ1) is 18.5. The van der Waals surface area contributed by atoms with Gasteiger partial charge in [0.1, 0.15) is 0 Å². The predicted molar refractivity (Wildman–Crippen MR) is 86.9 cm³/mol. The summed E-state index contributed by atoms with van der Waals surface area (Å²) in [5, 5.41) is 0. The highest BCUT2D eigenvalue weighted by Crippen LogP contribution is 2.23. The van der Waals surface area contributed by atoms with Gasteiger partial charge in [0, 0.05) is 16.8 Å². The molecule has 0 aliphatic rings. The van der Waals surface area contributed by atoms with Crippen molar-refractivity contribution in [1.82, 2.24) is 0 Å². The van der Waals surface area contributed by atoms with Gasteiger partial charge in [0.05, 0.1) is 10.6 Å². The quantitative estimate of drug-likeness (QED) is 0.227. The summed E-state index contributed by atoms with van der Waals surface area (Å²) in [7, 11) is 0.858. The van der Waals surface area contributed by atoms with Gasteiger partial charge in [-0.05, 0) is 19.8 Å². The lowest BCUT2D eigenvalue weighted by atomic mass is 10.1. The Morgan fingerprint density at radius 3 is 2.06 bits per heavy atom. The summed E-state index contributed by atoms with van der Waals surface area (Å²) in [4.78, 5) is 0. The van der Waals surface area contributed by atoms with Crippen molar-refractivity contribution in [2.45, 2.75) is 62.2 Å². The molecule has 0 rings (SSSR count). The Hall–Kier alpha value is 0.497. The average molecular weight is 311 g/mol. The number of hydrogen-bond acceptors (Lipinski definition) is 1. The van der Waals surface area contributed by atoms with Crippen molar-refractivity contribution in [2.75, 3.05) is 13.2 Å². The van der Waals surface area contributed by atoms with Crippen molar-refractivity contribution in [2.24, 2.45) is 0 Å². The maximum absolute atomic E-state index is 5.97. The van der Waals surface area contributed by atoms with E-state index in [9.17, 15) is 0 Å². The van der Waals surface area contributed by atoms with Crippen LogP contribution in [0, 0.1) is 0 Å². The van der Waals surface area contributed by atoms with Crippen molar-refractivity contribution in [1.29, 1.82) is 0 Å². The second-order valence-electron chi connectivity index (χ2n) is 5.30. The maximum Gasteiger partial charge on any atom is 0.0972 e. The van der Waals surface area contributed by atoms with Crippen LogP contribution < -0.4 is 0 Å². The summed E-state index contributed by atoms with van der Waals surface area (Å²) in [6.07, 6.45) is 9.75. The minimum Gasteiger partial charge on any atom is -0.377 e. The number of hydrogen-bond donors (Lipinski definition) is 0. The van der Waals surface area contributed by atoms with E-state index in [4.69, 9.17) is 27.9 Å². The number of unbranched alkanes of at least 4 members (excludes halogenated alkanes) is 6. The molecule has 0 fully saturated rings. The molecule has 0 aliphatic heterocycles. The fraction of sp³-hybridized carbons (Fsp3) is 0.857. The zero-order valence-corrected chi connectivity index (χ0v) is 15.5. The molecule has 0 aromatic heterocycles. The topological polar surface area (TPSA) is 9.23 Å². The number of halogens is 2. The molecular weight excluding hydrogens is 283 g/mol. The Morgan fingerprint density at radius 2 is 1.56 bits per heavy atom. The van der Waals surface area contributed by atoms with Gasteiger partial charge in [-0.2, -0.15) is 0 Å². The Bertz CT molecular complexity index is 214. The molecule has 0 atom stereocenters. The normalized spacial score (nSPS) is 11.9. The zero-order chi connectivity index (χ0) is 13.9. The highest BCUT2D eigenvalue weighted by Gasteiger charge is 2.14. The van der Waals surface area contributed by atoms with Crippen LogP contribution in [0.4, 0.5) is 0 Å². The monoisotopic (exact) mass is 310 g/mol. The van der Waals surface area contributed by atoms with Crippen LogP contribution in [-0.4, -0.2) is 27.4 Å². The number of rotatable bonds is 12. The fourth-order valence-corrected chi connectivity index (χ4v) is 2.39. The molecule has 1 nitrogen and oxygen atoms in total. The molecule has 0 spiro atoms. The smallest absolute Gasteiger partial charge is 0.0972 e. The Morgan fingerprint density at radius 1 is 1.06 bits per heavy atom. The first-order valence-electron chi connectivity index (χ1n) is 7.02. The van der Waals surface area contributed by atoms with Crippen LogP contribution in [0.5, 0.6) is 0 Å². The van der Waals surface area contributed by atoms with E-state index >= 15 is 0 Å². The minimum atomic E-state index is -0.402.